The third-order valence-electron chi connectivity index (χ3n) is 3.68. The van der Waals surface area contributed by atoms with E-state index in [1.54, 1.807) is 36.8 Å². The molecule has 3 N–H and O–H groups in total. The molecule has 8 nitrogen and oxygen atoms in total. The van der Waals surface area contributed by atoms with E-state index < -0.39 is 11.9 Å². The molecule has 0 aliphatic rings. The van der Waals surface area contributed by atoms with Crippen molar-refractivity contribution in [1.82, 2.24) is 10.6 Å². The summed E-state index contributed by atoms with van der Waals surface area (Å²) in [6.45, 7) is 1.29. The van der Waals surface area contributed by atoms with Crippen LogP contribution in [0.1, 0.15) is 17.3 Å². The summed E-state index contributed by atoms with van der Waals surface area (Å²) in [7, 11) is 0. The quantitative estimate of drug-likeness (QED) is 0.559. The van der Waals surface area contributed by atoms with Gasteiger partial charge < -0.3 is 23.5 Å². The Balaban J connectivity index is 1.51. The average Bonchev–Trinajstić information content (AvgIpc) is 3.36. The molecule has 3 aromatic rings. The van der Waals surface area contributed by atoms with Crippen molar-refractivity contribution in [2.24, 2.45) is 0 Å². The lowest BCUT2D eigenvalue weighted by atomic mass is 10.3. The number of nitrogens with one attached hydrogen (secondary N) is 3. The minimum absolute atomic E-state index is 0.0928. The second-order valence-electron chi connectivity index (χ2n) is 5.75. The molecule has 0 spiro atoms. The van der Waals surface area contributed by atoms with Crippen molar-refractivity contribution in [3.63, 3.8) is 0 Å². The number of urea groups is 1. The van der Waals surface area contributed by atoms with E-state index in [0.717, 1.165) is 16.4 Å². The van der Waals surface area contributed by atoms with Crippen LogP contribution >= 0.6 is 0 Å². The number of furan rings is 3. The van der Waals surface area contributed by atoms with Gasteiger partial charge in [0.15, 0.2) is 18.1 Å². The molecule has 0 aromatic carbocycles. The molecule has 0 saturated heterocycles. The zero-order valence-electron chi connectivity index (χ0n) is 14.1. The number of amides is 3. The first-order valence-electron chi connectivity index (χ1n) is 8.17. The van der Waals surface area contributed by atoms with Crippen LogP contribution in [0, 0.1) is 0 Å². The van der Waals surface area contributed by atoms with E-state index in [0.29, 0.717) is 18.8 Å². The first-order chi connectivity index (χ1) is 12.7. The summed E-state index contributed by atoms with van der Waals surface area (Å²) in [6.07, 6.45) is 4.69. The summed E-state index contributed by atoms with van der Waals surface area (Å²) < 4.78 is 15.8. The summed E-state index contributed by atoms with van der Waals surface area (Å²) in [5, 5.41) is 4.89. The largest absolute Gasteiger partial charge is 0.467 e. The topological polar surface area (TPSA) is 102 Å². The van der Waals surface area contributed by atoms with Crippen LogP contribution in [0.2, 0.25) is 0 Å². The van der Waals surface area contributed by atoms with Crippen molar-refractivity contribution in [1.29, 1.82) is 0 Å². The highest BCUT2D eigenvalue weighted by Gasteiger charge is 2.19. The molecule has 0 aliphatic carbocycles. The molecule has 0 atom stereocenters. The summed E-state index contributed by atoms with van der Waals surface area (Å²) in [4.78, 5) is 24.9. The van der Waals surface area contributed by atoms with Crippen LogP contribution in [0.5, 0.6) is 0 Å². The Hall–Kier alpha value is -3.26. The Labute approximate surface area is 149 Å². The fraction of sp³-hybridized carbons (Fsp3) is 0.222. The van der Waals surface area contributed by atoms with Gasteiger partial charge >= 0.3 is 6.03 Å². The van der Waals surface area contributed by atoms with E-state index in [9.17, 15) is 9.59 Å². The minimum atomic E-state index is -0.568. The molecule has 0 saturated carbocycles. The molecule has 136 valence electrons. The summed E-state index contributed by atoms with van der Waals surface area (Å²) in [5.41, 5.74) is 0. The number of imide groups is 1. The van der Waals surface area contributed by atoms with Gasteiger partial charge in [-0.2, -0.15) is 0 Å². The molecule has 3 amide bonds. The van der Waals surface area contributed by atoms with Gasteiger partial charge in [-0.05, 0) is 36.4 Å². The second kappa shape index (κ2) is 8.72. The van der Waals surface area contributed by atoms with Crippen molar-refractivity contribution >= 4 is 11.9 Å². The molecule has 0 aliphatic heterocycles. The third kappa shape index (κ3) is 5.38. The van der Waals surface area contributed by atoms with Crippen molar-refractivity contribution in [3.05, 3.63) is 72.5 Å². The van der Waals surface area contributed by atoms with Gasteiger partial charge in [-0.3, -0.25) is 10.1 Å². The molecular weight excluding hydrogens is 338 g/mol. The van der Waals surface area contributed by atoms with E-state index in [4.69, 9.17) is 13.3 Å². The van der Waals surface area contributed by atoms with Gasteiger partial charge in [0.05, 0.1) is 25.3 Å². The average molecular weight is 358 g/mol. The molecule has 3 heterocycles. The van der Waals surface area contributed by atoms with Crippen molar-refractivity contribution in [3.8, 4) is 0 Å². The highest BCUT2D eigenvalue weighted by Crippen LogP contribution is 2.00. The maximum atomic E-state index is 12.2. The zero-order valence-corrected chi connectivity index (χ0v) is 14.1. The van der Waals surface area contributed by atoms with Crippen LogP contribution in [-0.2, 0) is 24.4 Å². The fourth-order valence-corrected chi connectivity index (χ4v) is 2.53. The lowest BCUT2D eigenvalue weighted by molar-refractivity contribution is -0.921. The lowest BCUT2D eigenvalue weighted by Gasteiger charge is -2.16. The molecule has 3 aromatic heterocycles. The number of hydrogen-bond donors (Lipinski definition) is 3. The summed E-state index contributed by atoms with van der Waals surface area (Å²) >= 11 is 0. The SMILES string of the molecule is O=C(C[NH+](Cc1ccco1)Cc1ccco1)NC(=O)NCc1ccco1. The van der Waals surface area contributed by atoms with E-state index >= 15 is 0 Å². The monoisotopic (exact) mass is 358 g/mol. The molecule has 8 heteroatoms. The molecule has 0 bridgehead atoms. The molecule has 26 heavy (non-hydrogen) atoms. The predicted octanol–water partition coefficient (Wildman–Crippen LogP) is 1.08. The van der Waals surface area contributed by atoms with Crippen molar-refractivity contribution in [2.75, 3.05) is 6.54 Å². The van der Waals surface area contributed by atoms with Crippen LogP contribution in [0.4, 0.5) is 4.79 Å². The van der Waals surface area contributed by atoms with Gasteiger partial charge in [-0.15, -0.1) is 0 Å². The normalized spacial score (nSPS) is 10.8. The molecule has 3 rings (SSSR count). The summed E-state index contributed by atoms with van der Waals surface area (Å²) in [5.74, 6) is 1.72. The predicted molar refractivity (Wildman–Crippen MR) is 89.7 cm³/mol. The van der Waals surface area contributed by atoms with Crippen molar-refractivity contribution < 1.29 is 27.7 Å². The molecule has 0 unspecified atom stereocenters. The Bertz CT molecular complexity index is 758. The number of quaternary nitrogens is 1. The Kier molecular flexibility index (Phi) is 5.89. The van der Waals surface area contributed by atoms with Crippen LogP contribution in [-0.4, -0.2) is 18.5 Å². The summed E-state index contributed by atoms with van der Waals surface area (Å²) in [6, 6.07) is 10.2. The van der Waals surface area contributed by atoms with E-state index in [1.807, 2.05) is 12.1 Å². The molecule has 0 fully saturated rings. The Morgan fingerprint density at radius 2 is 1.38 bits per heavy atom. The standard InChI is InChI=1S/C18H19N3O5/c22-17(20-18(23)19-10-14-4-1-7-24-14)13-21(11-15-5-2-8-25-15)12-16-6-3-9-26-16/h1-9H,10-13H2,(H2,19,20,22,23)/p+1. The number of hydrogen-bond acceptors (Lipinski definition) is 5. The zero-order chi connectivity index (χ0) is 18.2. The highest BCUT2D eigenvalue weighted by atomic mass is 16.3. The minimum Gasteiger partial charge on any atom is -0.467 e. The highest BCUT2D eigenvalue weighted by molar-refractivity contribution is 5.94. The van der Waals surface area contributed by atoms with Gasteiger partial charge in [-0.25, -0.2) is 4.79 Å². The van der Waals surface area contributed by atoms with Crippen LogP contribution in [0.15, 0.2) is 68.4 Å². The lowest BCUT2D eigenvalue weighted by Crippen LogP contribution is -3.10. The van der Waals surface area contributed by atoms with Crippen LogP contribution in [0.3, 0.4) is 0 Å². The van der Waals surface area contributed by atoms with Gasteiger partial charge in [0.25, 0.3) is 5.91 Å². The maximum Gasteiger partial charge on any atom is 0.321 e. The number of carbonyl (C=O) groups is 2. The molecule has 0 radical (unpaired) electrons. The van der Waals surface area contributed by atoms with Gasteiger partial charge in [0.1, 0.15) is 18.8 Å². The maximum absolute atomic E-state index is 12.2. The number of rotatable bonds is 8. The van der Waals surface area contributed by atoms with E-state index in [1.165, 1.54) is 6.26 Å². The van der Waals surface area contributed by atoms with Gasteiger partial charge in [-0.1, -0.05) is 0 Å². The Morgan fingerprint density at radius 1 is 0.846 bits per heavy atom. The number of carbonyl (C=O) groups excluding carboxylic acids is 2. The smallest absolute Gasteiger partial charge is 0.321 e. The van der Waals surface area contributed by atoms with Crippen LogP contribution in [0.25, 0.3) is 0 Å². The van der Waals surface area contributed by atoms with Crippen LogP contribution < -0.4 is 15.5 Å². The first kappa shape index (κ1) is 17.6. The molecular formula is C18H20N3O5+. The van der Waals surface area contributed by atoms with Gasteiger partial charge in [0, 0.05) is 0 Å². The van der Waals surface area contributed by atoms with Crippen molar-refractivity contribution in [2.45, 2.75) is 19.6 Å². The third-order valence-corrected chi connectivity index (χ3v) is 3.68. The second-order valence-corrected chi connectivity index (χ2v) is 5.75. The first-order valence-corrected chi connectivity index (χ1v) is 8.17. The van der Waals surface area contributed by atoms with Gasteiger partial charge in [0.2, 0.25) is 0 Å². The van der Waals surface area contributed by atoms with E-state index in [-0.39, 0.29) is 13.1 Å². The Morgan fingerprint density at radius 3 is 1.88 bits per heavy atom. The van der Waals surface area contributed by atoms with E-state index in [2.05, 4.69) is 10.6 Å². The fourth-order valence-electron chi connectivity index (χ4n) is 2.53.